The van der Waals surface area contributed by atoms with Gasteiger partial charge in [0.25, 0.3) is 0 Å². The molecule has 1 rings (SSSR count). The summed E-state index contributed by atoms with van der Waals surface area (Å²) in [4.78, 5) is 35.5. The third-order valence-electron chi connectivity index (χ3n) is 3.67. The van der Waals surface area contributed by atoms with E-state index >= 15 is 0 Å². The van der Waals surface area contributed by atoms with Crippen LogP contribution in [0.25, 0.3) is 0 Å². The van der Waals surface area contributed by atoms with Gasteiger partial charge in [-0.05, 0) is 25.2 Å². The van der Waals surface area contributed by atoms with Crippen LogP contribution in [0.2, 0.25) is 0 Å². The molecule has 1 aliphatic carbocycles. The van der Waals surface area contributed by atoms with Crippen molar-refractivity contribution in [1.82, 2.24) is 10.7 Å². The summed E-state index contributed by atoms with van der Waals surface area (Å²) in [5, 5.41) is 2.73. The Hall–Kier alpha value is -1.43. The molecule has 0 radical (unpaired) electrons. The second-order valence-corrected chi connectivity index (χ2v) is 5.86. The van der Waals surface area contributed by atoms with E-state index in [1.807, 2.05) is 19.3 Å². The second kappa shape index (κ2) is 7.99. The second-order valence-electron chi connectivity index (χ2n) is 5.86. The zero-order valence-electron chi connectivity index (χ0n) is 12.3. The molecule has 0 unspecified atom stereocenters. The van der Waals surface area contributed by atoms with Gasteiger partial charge >= 0.3 is 5.91 Å². The normalized spacial score (nSPS) is 17.6. The quantitative estimate of drug-likeness (QED) is 0.288. The van der Waals surface area contributed by atoms with Crippen molar-refractivity contribution in [3.05, 3.63) is 0 Å². The predicted molar refractivity (Wildman–Crippen MR) is 75.3 cm³/mol. The number of ketones is 1. The maximum atomic E-state index is 12.2. The first-order chi connectivity index (χ1) is 9.45. The third-order valence-corrected chi connectivity index (χ3v) is 3.67. The monoisotopic (exact) mass is 283 g/mol. The van der Waals surface area contributed by atoms with Gasteiger partial charge in [-0.25, -0.2) is 5.84 Å². The number of carbonyl (C=O) groups is 3. The number of amides is 2. The first-order valence-corrected chi connectivity index (χ1v) is 7.30. The van der Waals surface area contributed by atoms with Crippen LogP contribution in [0.1, 0.15) is 52.4 Å². The number of rotatable bonds is 6. The van der Waals surface area contributed by atoms with E-state index in [-0.39, 0.29) is 17.7 Å². The van der Waals surface area contributed by atoms with Crippen molar-refractivity contribution in [2.24, 2.45) is 17.7 Å². The van der Waals surface area contributed by atoms with Crippen LogP contribution in [0.15, 0.2) is 0 Å². The Balaban J connectivity index is 2.65. The molecule has 2 amide bonds. The molecule has 1 saturated carbocycles. The van der Waals surface area contributed by atoms with Gasteiger partial charge in [0.2, 0.25) is 11.7 Å². The standard InChI is InChI=1S/C14H25N3O3/c1-9(2)8-11(12(18)14(20)17-15)16-13(19)10-6-4-3-5-7-10/h9-11H,3-8,15H2,1-2H3,(H,16,19)(H,17,20)/t11-/m0/s1. The maximum absolute atomic E-state index is 12.2. The van der Waals surface area contributed by atoms with Crippen molar-refractivity contribution in [3.8, 4) is 0 Å². The summed E-state index contributed by atoms with van der Waals surface area (Å²) in [5.41, 5.74) is 1.83. The van der Waals surface area contributed by atoms with Gasteiger partial charge < -0.3 is 5.32 Å². The number of nitrogens with one attached hydrogen (secondary N) is 2. The Labute approximate surface area is 119 Å². The molecule has 0 aromatic heterocycles. The zero-order chi connectivity index (χ0) is 15.1. The summed E-state index contributed by atoms with van der Waals surface area (Å²) < 4.78 is 0. The van der Waals surface area contributed by atoms with Crippen molar-refractivity contribution in [1.29, 1.82) is 0 Å². The Morgan fingerprint density at radius 1 is 1.15 bits per heavy atom. The van der Waals surface area contributed by atoms with Gasteiger partial charge in [-0.1, -0.05) is 33.1 Å². The average molecular weight is 283 g/mol. The first kappa shape index (κ1) is 16.6. The SMILES string of the molecule is CC(C)C[C@H](NC(=O)C1CCCCC1)C(=O)C(=O)NN. The van der Waals surface area contributed by atoms with Gasteiger partial charge in [0.05, 0.1) is 6.04 Å². The van der Waals surface area contributed by atoms with Crippen molar-refractivity contribution < 1.29 is 14.4 Å². The highest BCUT2D eigenvalue weighted by Gasteiger charge is 2.30. The van der Waals surface area contributed by atoms with Crippen molar-refractivity contribution in [3.63, 3.8) is 0 Å². The molecule has 0 aromatic rings. The smallest absolute Gasteiger partial charge is 0.303 e. The minimum Gasteiger partial charge on any atom is -0.345 e. The molecular formula is C14H25N3O3. The topological polar surface area (TPSA) is 101 Å². The van der Waals surface area contributed by atoms with Gasteiger partial charge in [-0.2, -0.15) is 0 Å². The number of hydrazine groups is 1. The lowest BCUT2D eigenvalue weighted by Crippen LogP contribution is -2.51. The number of nitrogens with two attached hydrogens (primary N) is 1. The molecule has 0 spiro atoms. The molecular weight excluding hydrogens is 258 g/mol. The van der Waals surface area contributed by atoms with Crippen LogP contribution in [0.5, 0.6) is 0 Å². The molecule has 1 aliphatic rings. The molecule has 6 nitrogen and oxygen atoms in total. The van der Waals surface area contributed by atoms with Crippen LogP contribution in [-0.2, 0) is 14.4 Å². The molecule has 0 heterocycles. The van der Waals surface area contributed by atoms with Crippen molar-refractivity contribution >= 4 is 17.6 Å². The van der Waals surface area contributed by atoms with Crippen molar-refractivity contribution in [2.45, 2.75) is 58.4 Å². The molecule has 0 saturated heterocycles. The molecule has 1 atom stereocenters. The summed E-state index contributed by atoms with van der Waals surface area (Å²) in [6, 6.07) is -0.784. The molecule has 1 fully saturated rings. The molecule has 4 N–H and O–H groups in total. The van der Waals surface area contributed by atoms with E-state index in [0.717, 1.165) is 32.1 Å². The van der Waals surface area contributed by atoms with E-state index in [9.17, 15) is 14.4 Å². The van der Waals surface area contributed by atoms with Gasteiger partial charge in [-0.3, -0.25) is 19.8 Å². The number of hydrogen-bond donors (Lipinski definition) is 3. The molecule has 6 heteroatoms. The highest BCUT2D eigenvalue weighted by atomic mass is 16.2. The summed E-state index contributed by atoms with van der Waals surface area (Å²) in [6.07, 6.45) is 5.40. The minimum atomic E-state index is -0.861. The maximum Gasteiger partial charge on any atom is 0.303 e. The van der Waals surface area contributed by atoms with Crippen LogP contribution < -0.4 is 16.6 Å². The molecule has 0 aromatic carbocycles. The highest BCUT2D eigenvalue weighted by molar-refractivity contribution is 6.38. The van der Waals surface area contributed by atoms with E-state index in [1.54, 1.807) is 0 Å². The molecule has 114 valence electrons. The lowest BCUT2D eigenvalue weighted by molar-refractivity contribution is -0.140. The zero-order valence-corrected chi connectivity index (χ0v) is 12.3. The van der Waals surface area contributed by atoms with E-state index in [0.29, 0.717) is 6.42 Å². The van der Waals surface area contributed by atoms with Crippen LogP contribution in [0, 0.1) is 11.8 Å². The lowest BCUT2D eigenvalue weighted by atomic mass is 9.88. The summed E-state index contributed by atoms with van der Waals surface area (Å²) >= 11 is 0. The Morgan fingerprint density at radius 2 is 1.75 bits per heavy atom. The minimum absolute atomic E-state index is 0.0350. The fourth-order valence-corrected chi connectivity index (χ4v) is 2.59. The van der Waals surface area contributed by atoms with Crippen LogP contribution in [0.3, 0.4) is 0 Å². The summed E-state index contributed by atoms with van der Waals surface area (Å²) in [7, 11) is 0. The van der Waals surface area contributed by atoms with Crippen LogP contribution in [0.4, 0.5) is 0 Å². The van der Waals surface area contributed by atoms with Crippen molar-refractivity contribution in [2.75, 3.05) is 0 Å². The lowest BCUT2D eigenvalue weighted by Gasteiger charge is -2.24. The third kappa shape index (κ3) is 4.92. The number of Topliss-reactive ketones (excluding diaryl/α,β-unsaturated/α-hetero) is 1. The Morgan fingerprint density at radius 3 is 2.25 bits per heavy atom. The Kier molecular flexibility index (Phi) is 6.64. The van der Waals surface area contributed by atoms with Gasteiger partial charge in [0.15, 0.2) is 0 Å². The number of carbonyl (C=O) groups excluding carboxylic acids is 3. The van der Waals surface area contributed by atoms with E-state index in [1.165, 1.54) is 0 Å². The van der Waals surface area contributed by atoms with E-state index < -0.39 is 17.7 Å². The van der Waals surface area contributed by atoms with Gasteiger partial charge in [0.1, 0.15) is 0 Å². The fraction of sp³-hybridized carbons (Fsp3) is 0.786. The fourth-order valence-electron chi connectivity index (χ4n) is 2.59. The van der Waals surface area contributed by atoms with E-state index in [2.05, 4.69) is 5.32 Å². The van der Waals surface area contributed by atoms with Gasteiger partial charge in [-0.15, -0.1) is 0 Å². The Bertz CT molecular complexity index is 363. The molecule has 0 bridgehead atoms. The summed E-state index contributed by atoms with van der Waals surface area (Å²) in [5.74, 6) is 3.49. The largest absolute Gasteiger partial charge is 0.345 e. The summed E-state index contributed by atoms with van der Waals surface area (Å²) in [6.45, 7) is 3.88. The highest BCUT2D eigenvalue weighted by Crippen LogP contribution is 2.24. The predicted octanol–water partition coefficient (Wildman–Crippen LogP) is 0.657. The van der Waals surface area contributed by atoms with Gasteiger partial charge in [0, 0.05) is 5.92 Å². The van der Waals surface area contributed by atoms with E-state index in [4.69, 9.17) is 5.84 Å². The number of hydrogen-bond acceptors (Lipinski definition) is 4. The molecule has 0 aliphatic heterocycles. The average Bonchev–Trinajstić information content (AvgIpc) is 2.45. The van der Waals surface area contributed by atoms with Crippen LogP contribution >= 0.6 is 0 Å². The first-order valence-electron chi connectivity index (χ1n) is 7.30. The molecule has 20 heavy (non-hydrogen) atoms. The van der Waals surface area contributed by atoms with Crippen LogP contribution in [-0.4, -0.2) is 23.6 Å².